The highest BCUT2D eigenvalue weighted by Crippen LogP contribution is 2.21. The Morgan fingerprint density at radius 1 is 1.37 bits per heavy atom. The number of esters is 1. The zero-order valence-corrected chi connectivity index (χ0v) is 11.9. The van der Waals surface area contributed by atoms with Crippen molar-refractivity contribution in [3.8, 4) is 0 Å². The zero-order valence-electron chi connectivity index (χ0n) is 11.9. The highest BCUT2D eigenvalue weighted by molar-refractivity contribution is 5.76. The van der Waals surface area contributed by atoms with Crippen LogP contribution in [-0.4, -0.2) is 19.1 Å². The van der Waals surface area contributed by atoms with E-state index in [2.05, 4.69) is 5.32 Å². The number of benzene rings is 1. The molecule has 19 heavy (non-hydrogen) atoms. The van der Waals surface area contributed by atoms with Crippen LogP contribution >= 0.6 is 0 Å². The number of nitrogens with one attached hydrogen (secondary N) is 1. The summed E-state index contributed by atoms with van der Waals surface area (Å²) in [4.78, 5) is 11.7. The van der Waals surface area contributed by atoms with Crippen LogP contribution in [0.25, 0.3) is 0 Å². The minimum Gasteiger partial charge on any atom is -0.468 e. The minimum atomic E-state index is -0.436. The van der Waals surface area contributed by atoms with E-state index < -0.39 is 6.04 Å². The first-order chi connectivity index (χ1) is 9.01. The summed E-state index contributed by atoms with van der Waals surface area (Å²) in [5, 5.41) is 3.20. The van der Waals surface area contributed by atoms with Crippen molar-refractivity contribution in [2.24, 2.45) is 5.92 Å². The summed E-state index contributed by atoms with van der Waals surface area (Å²) in [5.74, 6) is -0.493. The molecule has 0 heterocycles. The van der Waals surface area contributed by atoms with Crippen molar-refractivity contribution >= 4 is 5.97 Å². The fraction of sp³-hybridized carbons (Fsp3) is 0.533. The maximum Gasteiger partial charge on any atom is 0.323 e. The standard InChI is InChI=1S/C15H22FNO2/c1-5-13(11-8-6-7-9-12(11)16)17-14(10(2)3)15(18)19-4/h6-10,13-14,17H,5H2,1-4H3. The molecule has 0 aliphatic rings. The molecule has 0 saturated carbocycles. The van der Waals surface area contributed by atoms with Crippen molar-refractivity contribution in [3.05, 3.63) is 35.6 Å². The summed E-state index contributed by atoms with van der Waals surface area (Å²) in [6.07, 6.45) is 0.696. The van der Waals surface area contributed by atoms with Crippen LogP contribution in [0.4, 0.5) is 4.39 Å². The van der Waals surface area contributed by atoms with E-state index in [1.54, 1.807) is 18.2 Å². The van der Waals surface area contributed by atoms with Gasteiger partial charge in [0.1, 0.15) is 11.9 Å². The molecule has 1 N–H and O–H groups in total. The molecule has 2 unspecified atom stereocenters. The average Bonchev–Trinajstić information content (AvgIpc) is 2.40. The summed E-state index contributed by atoms with van der Waals surface area (Å²) in [7, 11) is 1.36. The van der Waals surface area contributed by atoms with Gasteiger partial charge in [-0.1, -0.05) is 39.0 Å². The number of rotatable bonds is 6. The van der Waals surface area contributed by atoms with Crippen molar-refractivity contribution < 1.29 is 13.9 Å². The van der Waals surface area contributed by atoms with E-state index in [9.17, 15) is 9.18 Å². The first kappa shape index (κ1) is 15.6. The van der Waals surface area contributed by atoms with E-state index in [0.717, 1.165) is 0 Å². The third-order valence-electron chi connectivity index (χ3n) is 3.19. The van der Waals surface area contributed by atoms with Gasteiger partial charge in [-0.25, -0.2) is 4.39 Å². The number of halogens is 1. The normalized spacial score (nSPS) is 14.2. The third kappa shape index (κ3) is 4.03. The number of carbonyl (C=O) groups is 1. The molecule has 1 aromatic carbocycles. The Labute approximate surface area is 114 Å². The largest absolute Gasteiger partial charge is 0.468 e. The molecule has 1 rings (SSSR count). The number of hydrogen-bond donors (Lipinski definition) is 1. The van der Waals surface area contributed by atoms with Crippen molar-refractivity contribution in [1.29, 1.82) is 0 Å². The Balaban J connectivity index is 2.92. The molecule has 2 atom stereocenters. The quantitative estimate of drug-likeness (QED) is 0.805. The maximum atomic E-state index is 13.8. The van der Waals surface area contributed by atoms with E-state index in [-0.39, 0.29) is 23.7 Å². The van der Waals surface area contributed by atoms with Crippen LogP contribution < -0.4 is 5.32 Å². The van der Waals surface area contributed by atoms with Crippen molar-refractivity contribution in [2.45, 2.75) is 39.3 Å². The van der Waals surface area contributed by atoms with Gasteiger partial charge < -0.3 is 4.74 Å². The van der Waals surface area contributed by atoms with E-state index >= 15 is 0 Å². The van der Waals surface area contributed by atoms with Crippen LogP contribution in [0, 0.1) is 11.7 Å². The second-order valence-electron chi connectivity index (χ2n) is 4.89. The summed E-state index contributed by atoms with van der Waals surface area (Å²) in [6.45, 7) is 5.82. The second kappa shape index (κ2) is 7.24. The summed E-state index contributed by atoms with van der Waals surface area (Å²) in [5.41, 5.74) is 0.583. The molecule has 4 heteroatoms. The van der Waals surface area contributed by atoms with Crippen molar-refractivity contribution in [3.63, 3.8) is 0 Å². The lowest BCUT2D eigenvalue weighted by atomic mass is 9.98. The number of hydrogen-bond acceptors (Lipinski definition) is 3. The molecular formula is C15H22FNO2. The van der Waals surface area contributed by atoms with Gasteiger partial charge in [-0.05, 0) is 18.4 Å². The molecule has 0 amide bonds. The van der Waals surface area contributed by atoms with Crippen LogP contribution in [0.5, 0.6) is 0 Å². The van der Waals surface area contributed by atoms with Crippen molar-refractivity contribution in [2.75, 3.05) is 7.11 Å². The molecule has 0 aromatic heterocycles. The van der Waals surface area contributed by atoms with Gasteiger partial charge in [0.15, 0.2) is 0 Å². The van der Waals surface area contributed by atoms with Crippen LogP contribution in [0.1, 0.15) is 38.8 Å². The van der Waals surface area contributed by atoms with E-state index in [4.69, 9.17) is 4.74 Å². The zero-order chi connectivity index (χ0) is 14.4. The number of methoxy groups -OCH3 is 1. The molecule has 0 aliphatic carbocycles. The molecule has 3 nitrogen and oxygen atoms in total. The Hall–Kier alpha value is -1.42. The van der Waals surface area contributed by atoms with Crippen LogP contribution in [0.15, 0.2) is 24.3 Å². The fourth-order valence-corrected chi connectivity index (χ4v) is 2.06. The molecule has 0 bridgehead atoms. The molecule has 0 fully saturated rings. The number of ether oxygens (including phenoxy) is 1. The Morgan fingerprint density at radius 3 is 2.47 bits per heavy atom. The van der Waals surface area contributed by atoms with Crippen LogP contribution in [0.2, 0.25) is 0 Å². The first-order valence-corrected chi connectivity index (χ1v) is 6.59. The van der Waals surface area contributed by atoms with Gasteiger partial charge in [-0.3, -0.25) is 10.1 Å². The Bertz CT molecular complexity index is 420. The smallest absolute Gasteiger partial charge is 0.323 e. The lowest BCUT2D eigenvalue weighted by Crippen LogP contribution is -2.43. The molecule has 0 aliphatic heterocycles. The predicted octanol–water partition coefficient (Wildman–Crippen LogP) is 3.06. The maximum absolute atomic E-state index is 13.8. The molecule has 1 aromatic rings. The second-order valence-corrected chi connectivity index (χ2v) is 4.89. The molecule has 0 radical (unpaired) electrons. The Kier molecular flexibility index (Phi) is 5.96. The highest BCUT2D eigenvalue weighted by Gasteiger charge is 2.26. The van der Waals surface area contributed by atoms with Crippen LogP contribution in [0.3, 0.4) is 0 Å². The SMILES string of the molecule is CCC(NC(C(=O)OC)C(C)C)c1ccccc1F. The van der Waals surface area contributed by atoms with Gasteiger partial charge in [0.05, 0.1) is 7.11 Å². The lowest BCUT2D eigenvalue weighted by Gasteiger charge is -2.26. The van der Waals surface area contributed by atoms with E-state index in [0.29, 0.717) is 12.0 Å². The fourth-order valence-electron chi connectivity index (χ4n) is 2.06. The topological polar surface area (TPSA) is 38.3 Å². The van der Waals surface area contributed by atoms with E-state index in [1.807, 2.05) is 20.8 Å². The van der Waals surface area contributed by atoms with Crippen molar-refractivity contribution in [1.82, 2.24) is 5.32 Å². The first-order valence-electron chi connectivity index (χ1n) is 6.59. The minimum absolute atomic E-state index is 0.0771. The summed E-state index contributed by atoms with van der Waals surface area (Å²) in [6, 6.07) is 5.99. The molecular weight excluding hydrogens is 245 g/mol. The highest BCUT2D eigenvalue weighted by atomic mass is 19.1. The van der Waals surface area contributed by atoms with Gasteiger partial charge >= 0.3 is 5.97 Å². The van der Waals surface area contributed by atoms with Crippen LogP contribution in [-0.2, 0) is 9.53 Å². The van der Waals surface area contributed by atoms with E-state index in [1.165, 1.54) is 13.2 Å². The monoisotopic (exact) mass is 267 g/mol. The van der Waals surface area contributed by atoms with Gasteiger partial charge in [-0.15, -0.1) is 0 Å². The van der Waals surface area contributed by atoms with Gasteiger partial charge in [-0.2, -0.15) is 0 Å². The molecule has 106 valence electrons. The third-order valence-corrected chi connectivity index (χ3v) is 3.19. The van der Waals surface area contributed by atoms with Gasteiger partial charge in [0.25, 0.3) is 0 Å². The summed E-state index contributed by atoms with van der Waals surface area (Å²) >= 11 is 0. The Morgan fingerprint density at radius 2 is 2.00 bits per heavy atom. The average molecular weight is 267 g/mol. The summed E-state index contributed by atoms with van der Waals surface area (Å²) < 4.78 is 18.6. The number of carbonyl (C=O) groups excluding carboxylic acids is 1. The van der Waals surface area contributed by atoms with Gasteiger partial charge in [0, 0.05) is 11.6 Å². The lowest BCUT2D eigenvalue weighted by molar-refractivity contribution is -0.144. The van der Waals surface area contributed by atoms with Gasteiger partial charge in [0.2, 0.25) is 0 Å². The predicted molar refractivity (Wildman–Crippen MR) is 73.2 cm³/mol. The molecule has 0 spiro atoms. The molecule has 0 saturated heterocycles.